The molecule has 2 amide bonds. The third-order valence-electron chi connectivity index (χ3n) is 5.44. The topological polar surface area (TPSA) is 207 Å². The molecule has 2 aromatic heterocycles. The first-order valence-corrected chi connectivity index (χ1v) is 13.3. The number of amides is 2. The van der Waals surface area contributed by atoms with Crippen molar-refractivity contribution < 1.29 is 58.9 Å². The van der Waals surface area contributed by atoms with Crippen molar-refractivity contribution in [2.75, 3.05) is 24.5 Å². The summed E-state index contributed by atoms with van der Waals surface area (Å²) in [6.45, 7) is 1.41. The monoisotopic (exact) mass is 632 g/mol. The SMILES string of the molecule is CC(=O)NC[C@H]1CN(c2ccc(-c3ccc(-c4cc(COC(=O)CN)on4)nc3)c(F)c2)C(=O)O1.O=S(=O)([O-])C(F)(F)F. The molecule has 1 aromatic carbocycles. The number of halogens is 4. The number of aromatic nitrogens is 2. The van der Waals surface area contributed by atoms with E-state index in [1.807, 2.05) is 0 Å². The van der Waals surface area contributed by atoms with Gasteiger partial charge in [-0.3, -0.25) is 19.5 Å². The summed E-state index contributed by atoms with van der Waals surface area (Å²) in [7, 11) is -6.09. The Morgan fingerprint density at radius 3 is 2.47 bits per heavy atom. The first-order valence-electron chi connectivity index (χ1n) is 11.9. The first kappa shape index (κ1) is 32.9. The van der Waals surface area contributed by atoms with Crippen LogP contribution in [0.3, 0.4) is 0 Å². The molecule has 1 fully saturated rings. The summed E-state index contributed by atoms with van der Waals surface area (Å²) >= 11 is 0. The smallest absolute Gasteiger partial charge is 0.485 e. The summed E-state index contributed by atoms with van der Waals surface area (Å²) in [5, 5.41) is 6.49. The largest absolute Gasteiger partial charge is 0.741 e. The second-order valence-corrected chi connectivity index (χ2v) is 9.96. The van der Waals surface area contributed by atoms with Gasteiger partial charge in [0.15, 0.2) is 22.5 Å². The van der Waals surface area contributed by atoms with Gasteiger partial charge in [-0.05, 0) is 24.3 Å². The normalized spacial score (nSPS) is 14.9. The van der Waals surface area contributed by atoms with Crippen molar-refractivity contribution in [2.45, 2.75) is 25.1 Å². The van der Waals surface area contributed by atoms with Gasteiger partial charge in [0.1, 0.15) is 17.6 Å². The van der Waals surface area contributed by atoms with E-state index in [9.17, 15) is 31.9 Å². The van der Waals surface area contributed by atoms with E-state index in [0.29, 0.717) is 34.0 Å². The van der Waals surface area contributed by atoms with Crippen LogP contribution in [0.5, 0.6) is 0 Å². The number of rotatable bonds is 8. The summed E-state index contributed by atoms with van der Waals surface area (Å²) < 4.78 is 89.1. The van der Waals surface area contributed by atoms with Gasteiger partial charge in [-0.1, -0.05) is 11.2 Å². The fraction of sp³-hybridized carbons (Fsp3) is 0.292. The number of nitrogens with one attached hydrogen (secondary N) is 1. The molecule has 3 heterocycles. The van der Waals surface area contributed by atoms with Gasteiger partial charge in [-0.2, -0.15) is 13.2 Å². The summed E-state index contributed by atoms with van der Waals surface area (Å²) in [5.74, 6) is -1.01. The fourth-order valence-electron chi connectivity index (χ4n) is 3.42. The molecule has 1 atom stereocenters. The molecular weight excluding hydrogens is 610 g/mol. The average molecular weight is 633 g/mol. The number of ether oxygens (including phenoxy) is 2. The number of nitrogens with zero attached hydrogens (tertiary/aromatic N) is 3. The van der Waals surface area contributed by atoms with Crippen molar-refractivity contribution >= 4 is 33.8 Å². The molecule has 0 aliphatic carbocycles. The van der Waals surface area contributed by atoms with Crippen molar-refractivity contribution in [1.29, 1.82) is 0 Å². The van der Waals surface area contributed by atoms with Gasteiger partial charge in [0.2, 0.25) is 5.91 Å². The lowest BCUT2D eigenvalue weighted by Gasteiger charge is -2.14. The van der Waals surface area contributed by atoms with Crippen molar-refractivity contribution in [3.05, 3.63) is 54.2 Å². The minimum atomic E-state index is -6.09. The van der Waals surface area contributed by atoms with E-state index >= 15 is 0 Å². The number of hydrogen-bond donors (Lipinski definition) is 2. The highest BCUT2D eigenvalue weighted by Gasteiger charge is 2.37. The Balaban J connectivity index is 0.000000557. The number of nitrogens with two attached hydrogens (primary N) is 1. The zero-order chi connectivity index (χ0) is 31.9. The molecule has 0 spiro atoms. The second kappa shape index (κ2) is 13.6. The second-order valence-electron chi connectivity index (χ2n) is 8.59. The Hall–Kier alpha value is -4.62. The molecule has 0 radical (unpaired) electrons. The molecule has 232 valence electrons. The number of carbonyl (C=O) groups is 3. The van der Waals surface area contributed by atoms with E-state index in [1.54, 1.807) is 30.3 Å². The van der Waals surface area contributed by atoms with Crippen LogP contribution < -0.4 is 16.0 Å². The van der Waals surface area contributed by atoms with E-state index in [-0.39, 0.29) is 32.1 Å². The maximum Gasteiger partial charge on any atom is 0.485 e. The molecule has 0 unspecified atom stereocenters. The fourth-order valence-corrected chi connectivity index (χ4v) is 3.42. The van der Waals surface area contributed by atoms with Crippen LogP contribution in [0.15, 0.2) is 47.1 Å². The number of cyclic esters (lactones) is 1. The lowest BCUT2D eigenvalue weighted by atomic mass is 10.1. The third kappa shape index (κ3) is 8.93. The standard InChI is InChI=1S/C23H22FN5O6.CHF3O3S/c1-13(30)26-10-17-11-29(23(32)34-17)15-3-4-18(19(24)6-15)14-2-5-20(27-9-14)21-7-16(35-28-21)12-33-22(31)8-25;2-1(3,4)8(5,6)7/h2-7,9,17H,8,10-12,25H2,1H3,(H,26,30);(H,5,6,7)/p-1/t17-;/m0./s1. The Labute approximate surface area is 240 Å². The molecular formula is C24H22F4N5O9S-. The Morgan fingerprint density at radius 2 is 1.91 bits per heavy atom. The number of benzene rings is 1. The Kier molecular flexibility index (Phi) is 10.4. The number of hydrogen-bond acceptors (Lipinski definition) is 12. The molecule has 3 aromatic rings. The number of pyridine rings is 1. The Morgan fingerprint density at radius 1 is 1.21 bits per heavy atom. The lowest BCUT2D eigenvalue weighted by Crippen LogP contribution is -2.33. The van der Waals surface area contributed by atoms with Crippen LogP contribution in [-0.4, -0.2) is 72.3 Å². The van der Waals surface area contributed by atoms with Gasteiger partial charge in [0, 0.05) is 30.3 Å². The van der Waals surface area contributed by atoms with E-state index in [1.165, 1.54) is 24.1 Å². The van der Waals surface area contributed by atoms with Crippen LogP contribution in [0.2, 0.25) is 0 Å². The van der Waals surface area contributed by atoms with Gasteiger partial charge < -0.3 is 29.6 Å². The summed E-state index contributed by atoms with van der Waals surface area (Å²) in [5.41, 5.74) is 1.60. The maximum atomic E-state index is 14.9. The van der Waals surface area contributed by atoms with Crippen molar-refractivity contribution in [1.82, 2.24) is 15.5 Å². The molecule has 3 N–H and O–H groups in total. The molecule has 14 nitrogen and oxygen atoms in total. The van der Waals surface area contributed by atoms with Crippen LogP contribution in [0.1, 0.15) is 12.7 Å². The molecule has 1 aliphatic heterocycles. The van der Waals surface area contributed by atoms with Crippen molar-refractivity contribution in [2.24, 2.45) is 5.73 Å². The summed E-state index contributed by atoms with van der Waals surface area (Å²) in [4.78, 5) is 40.0. The highest BCUT2D eigenvalue weighted by Crippen LogP contribution is 2.30. The van der Waals surface area contributed by atoms with Crippen molar-refractivity contribution in [3.8, 4) is 22.5 Å². The highest BCUT2D eigenvalue weighted by atomic mass is 32.2. The Bertz CT molecular complexity index is 1580. The quantitative estimate of drug-likeness (QED) is 0.158. The number of carbonyl (C=O) groups excluding carboxylic acids is 3. The van der Waals surface area contributed by atoms with E-state index in [0.717, 1.165) is 0 Å². The molecule has 0 bridgehead atoms. The van der Waals surface area contributed by atoms with Gasteiger partial charge in [-0.25, -0.2) is 17.6 Å². The molecule has 0 saturated carbocycles. The van der Waals surface area contributed by atoms with Crippen LogP contribution in [0.4, 0.5) is 28.0 Å². The minimum absolute atomic E-state index is 0.1000. The highest BCUT2D eigenvalue weighted by molar-refractivity contribution is 7.86. The molecule has 1 aliphatic rings. The van der Waals surface area contributed by atoms with Crippen LogP contribution in [-0.2, 0) is 35.8 Å². The zero-order valence-corrected chi connectivity index (χ0v) is 22.8. The first-order chi connectivity index (χ1) is 20.1. The average Bonchev–Trinajstić information content (AvgIpc) is 3.56. The van der Waals surface area contributed by atoms with Crippen LogP contribution in [0, 0.1) is 5.82 Å². The van der Waals surface area contributed by atoms with E-state index in [4.69, 9.17) is 32.7 Å². The number of esters is 1. The zero-order valence-electron chi connectivity index (χ0n) is 22.0. The predicted octanol–water partition coefficient (Wildman–Crippen LogP) is 2.06. The molecule has 1 saturated heterocycles. The van der Waals surface area contributed by atoms with Gasteiger partial charge in [0.25, 0.3) is 0 Å². The lowest BCUT2D eigenvalue weighted by molar-refractivity contribution is -0.143. The molecule has 43 heavy (non-hydrogen) atoms. The van der Waals surface area contributed by atoms with Crippen LogP contribution in [0.25, 0.3) is 22.5 Å². The summed E-state index contributed by atoms with van der Waals surface area (Å²) in [6, 6.07) is 9.32. The third-order valence-corrected chi connectivity index (χ3v) is 6.01. The van der Waals surface area contributed by atoms with Crippen molar-refractivity contribution in [3.63, 3.8) is 0 Å². The summed E-state index contributed by atoms with van der Waals surface area (Å²) in [6.07, 6.45) is 0.364. The van der Waals surface area contributed by atoms with Gasteiger partial charge in [-0.15, -0.1) is 0 Å². The molecule has 19 heteroatoms. The van der Waals surface area contributed by atoms with E-state index in [2.05, 4.69) is 15.5 Å². The number of alkyl halides is 3. The van der Waals surface area contributed by atoms with Gasteiger partial charge in [0.05, 0.1) is 31.0 Å². The maximum absolute atomic E-state index is 14.9. The molecule has 4 rings (SSSR count). The minimum Gasteiger partial charge on any atom is -0.741 e. The van der Waals surface area contributed by atoms with Crippen LogP contribution >= 0.6 is 0 Å². The number of anilines is 1. The van der Waals surface area contributed by atoms with Gasteiger partial charge >= 0.3 is 17.6 Å². The van der Waals surface area contributed by atoms with E-state index < -0.39 is 39.6 Å². The predicted molar refractivity (Wildman–Crippen MR) is 136 cm³/mol.